The van der Waals surface area contributed by atoms with E-state index in [-0.39, 0.29) is 11.7 Å². The molecule has 0 fully saturated rings. The summed E-state index contributed by atoms with van der Waals surface area (Å²) in [5.41, 5.74) is 0.793. The van der Waals surface area contributed by atoms with Crippen LogP contribution in [0, 0.1) is 5.92 Å². The first-order valence-electron chi connectivity index (χ1n) is 5.02. The van der Waals surface area contributed by atoms with Crippen LogP contribution in [-0.2, 0) is 0 Å². The second kappa shape index (κ2) is 5.57. The predicted molar refractivity (Wildman–Crippen MR) is 67.0 cm³/mol. The molecule has 0 radical (unpaired) electrons. The van der Waals surface area contributed by atoms with Gasteiger partial charge in [-0.2, -0.15) is 0 Å². The number of hydrogen-bond donors (Lipinski definition) is 0. The number of ketones is 1. The van der Waals surface area contributed by atoms with Crippen molar-refractivity contribution < 1.29 is 4.79 Å². The topological polar surface area (TPSA) is 17.1 Å². The van der Waals surface area contributed by atoms with Crippen molar-refractivity contribution in [2.24, 2.45) is 5.92 Å². The monoisotopic (exact) mass is 242 g/mol. The zero-order chi connectivity index (χ0) is 11.4. The van der Waals surface area contributed by atoms with Gasteiger partial charge < -0.3 is 0 Å². The summed E-state index contributed by atoms with van der Waals surface area (Å²) in [6, 6.07) is 5.46. The van der Waals surface area contributed by atoms with E-state index in [0.717, 1.165) is 16.2 Å². The predicted octanol–water partition coefficient (Wildman–Crippen LogP) is 4.29. The largest absolute Gasteiger partial charge is 0.294 e. The molecular formula is C12H15ClOS. The standard InChI is InChI=1S/C12H15ClOS/c1-4-15-11-7-9(13)5-6-10(11)12(14)8(2)3/h5-8H,4H2,1-3H3. The smallest absolute Gasteiger partial charge is 0.166 e. The fourth-order valence-corrected chi connectivity index (χ4v) is 2.37. The average molecular weight is 243 g/mol. The van der Waals surface area contributed by atoms with Crippen LogP contribution in [-0.4, -0.2) is 11.5 Å². The highest BCUT2D eigenvalue weighted by molar-refractivity contribution is 7.99. The van der Waals surface area contributed by atoms with Crippen LogP contribution in [0.4, 0.5) is 0 Å². The molecule has 0 bridgehead atoms. The van der Waals surface area contributed by atoms with E-state index in [1.165, 1.54) is 0 Å². The van der Waals surface area contributed by atoms with Gasteiger partial charge in [0.15, 0.2) is 5.78 Å². The Kier molecular flexibility index (Phi) is 4.68. The lowest BCUT2D eigenvalue weighted by Crippen LogP contribution is -2.08. The molecule has 0 amide bonds. The summed E-state index contributed by atoms with van der Waals surface area (Å²) in [5.74, 6) is 1.16. The SMILES string of the molecule is CCSc1cc(Cl)ccc1C(=O)C(C)C. The number of Topliss-reactive ketones (excluding diaryl/α,β-unsaturated/α-hetero) is 1. The Morgan fingerprint density at radius 3 is 2.67 bits per heavy atom. The summed E-state index contributed by atoms with van der Waals surface area (Å²) < 4.78 is 0. The Bertz CT molecular complexity index is 361. The van der Waals surface area contributed by atoms with E-state index in [0.29, 0.717) is 5.02 Å². The first-order chi connectivity index (χ1) is 7.06. The van der Waals surface area contributed by atoms with Crippen molar-refractivity contribution in [1.82, 2.24) is 0 Å². The van der Waals surface area contributed by atoms with Crippen LogP contribution in [0.1, 0.15) is 31.1 Å². The van der Waals surface area contributed by atoms with Gasteiger partial charge >= 0.3 is 0 Å². The summed E-state index contributed by atoms with van der Waals surface area (Å²) in [4.78, 5) is 12.9. The van der Waals surface area contributed by atoms with Gasteiger partial charge in [0.05, 0.1) is 0 Å². The van der Waals surface area contributed by atoms with Crippen molar-refractivity contribution in [2.45, 2.75) is 25.7 Å². The number of carbonyl (C=O) groups excluding carboxylic acids is 1. The van der Waals surface area contributed by atoms with Crippen LogP contribution in [0.5, 0.6) is 0 Å². The Hall–Kier alpha value is -0.470. The molecule has 0 N–H and O–H groups in total. The molecule has 0 saturated heterocycles. The van der Waals surface area contributed by atoms with E-state index in [9.17, 15) is 4.79 Å². The zero-order valence-corrected chi connectivity index (χ0v) is 10.8. The highest BCUT2D eigenvalue weighted by atomic mass is 35.5. The Labute approximate surface area is 100 Å². The number of thioether (sulfide) groups is 1. The van der Waals surface area contributed by atoms with Crippen molar-refractivity contribution in [3.8, 4) is 0 Å². The molecule has 0 aliphatic heterocycles. The van der Waals surface area contributed by atoms with Gasteiger partial charge in [-0.15, -0.1) is 11.8 Å². The van der Waals surface area contributed by atoms with Crippen LogP contribution < -0.4 is 0 Å². The lowest BCUT2D eigenvalue weighted by atomic mass is 10.0. The van der Waals surface area contributed by atoms with Crippen molar-refractivity contribution in [1.29, 1.82) is 0 Å². The molecule has 82 valence electrons. The molecule has 0 atom stereocenters. The molecule has 1 nitrogen and oxygen atoms in total. The molecule has 1 rings (SSSR count). The van der Waals surface area contributed by atoms with Crippen LogP contribution in [0.3, 0.4) is 0 Å². The minimum atomic E-state index is 0.0300. The second-order valence-corrected chi connectivity index (χ2v) is 5.33. The maximum Gasteiger partial charge on any atom is 0.166 e. The molecule has 0 saturated carbocycles. The summed E-state index contributed by atoms with van der Waals surface area (Å²) in [6.07, 6.45) is 0. The van der Waals surface area contributed by atoms with E-state index < -0.39 is 0 Å². The van der Waals surface area contributed by atoms with Crippen molar-refractivity contribution in [3.63, 3.8) is 0 Å². The van der Waals surface area contributed by atoms with E-state index in [1.807, 2.05) is 26.0 Å². The Morgan fingerprint density at radius 2 is 2.13 bits per heavy atom. The van der Waals surface area contributed by atoms with Gasteiger partial charge in [-0.05, 0) is 24.0 Å². The lowest BCUT2D eigenvalue weighted by Gasteiger charge is -2.09. The number of rotatable bonds is 4. The van der Waals surface area contributed by atoms with E-state index in [2.05, 4.69) is 6.92 Å². The molecule has 0 unspecified atom stereocenters. The van der Waals surface area contributed by atoms with E-state index >= 15 is 0 Å². The number of benzene rings is 1. The van der Waals surface area contributed by atoms with Crippen LogP contribution in [0.15, 0.2) is 23.1 Å². The van der Waals surface area contributed by atoms with Gasteiger partial charge in [0.2, 0.25) is 0 Å². The van der Waals surface area contributed by atoms with E-state index in [4.69, 9.17) is 11.6 Å². The molecule has 1 aromatic rings. The third-order valence-corrected chi connectivity index (χ3v) is 3.21. The molecule has 0 aromatic heterocycles. The van der Waals surface area contributed by atoms with Crippen LogP contribution >= 0.6 is 23.4 Å². The molecular weight excluding hydrogens is 228 g/mol. The van der Waals surface area contributed by atoms with Gasteiger partial charge in [0.25, 0.3) is 0 Å². The van der Waals surface area contributed by atoms with Crippen molar-refractivity contribution in [2.75, 3.05) is 5.75 Å². The normalized spacial score (nSPS) is 10.7. The third-order valence-electron chi connectivity index (χ3n) is 2.03. The van der Waals surface area contributed by atoms with Crippen LogP contribution in [0.25, 0.3) is 0 Å². The van der Waals surface area contributed by atoms with E-state index in [1.54, 1.807) is 17.8 Å². The summed E-state index contributed by atoms with van der Waals surface area (Å²) in [7, 11) is 0. The Balaban J connectivity index is 3.10. The fourth-order valence-electron chi connectivity index (χ4n) is 1.29. The average Bonchev–Trinajstić information content (AvgIpc) is 2.17. The molecule has 15 heavy (non-hydrogen) atoms. The first kappa shape index (κ1) is 12.6. The van der Waals surface area contributed by atoms with Crippen LogP contribution in [0.2, 0.25) is 5.02 Å². The number of halogens is 1. The third kappa shape index (κ3) is 3.25. The molecule has 0 heterocycles. The van der Waals surface area contributed by atoms with Gasteiger partial charge in [0, 0.05) is 21.4 Å². The van der Waals surface area contributed by atoms with Gasteiger partial charge in [-0.1, -0.05) is 32.4 Å². The van der Waals surface area contributed by atoms with Gasteiger partial charge in [0.1, 0.15) is 0 Å². The molecule has 1 aromatic carbocycles. The Morgan fingerprint density at radius 1 is 1.47 bits per heavy atom. The first-order valence-corrected chi connectivity index (χ1v) is 6.39. The minimum absolute atomic E-state index is 0.0300. The van der Waals surface area contributed by atoms with Crippen molar-refractivity contribution >= 4 is 29.1 Å². The molecule has 3 heteroatoms. The highest BCUT2D eigenvalue weighted by Gasteiger charge is 2.14. The lowest BCUT2D eigenvalue weighted by molar-refractivity contribution is 0.0936. The van der Waals surface area contributed by atoms with Gasteiger partial charge in [-0.3, -0.25) is 4.79 Å². The fraction of sp³-hybridized carbons (Fsp3) is 0.417. The van der Waals surface area contributed by atoms with Gasteiger partial charge in [-0.25, -0.2) is 0 Å². The molecule has 0 aliphatic rings. The summed E-state index contributed by atoms with van der Waals surface area (Å²) in [5, 5.41) is 0.686. The number of carbonyl (C=O) groups is 1. The second-order valence-electron chi connectivity index (χ2n) is 3.59. The zero-order valence-electron chi connectivity index (χ0n) is 9.21. The minimum Gasteiger partial charge on any atom is -0.294 e. The van der Waals surface area contributed by atoms with Crippen molar-refractivity contribution in [3.05, 3.63) is 28.8 Å². The maximum absolute atomic E-state index is 11.9. The summed E-state index contributed by atoms with van der Waals surface area (Å²) in [6.45, 7) is 5.89. The number of hydrogen-bond acceptors (Lipinski definition) is 2. The molecule has 0 spiro atoms. The quantitative estimate of drug-likeness (QED) is 0.579. The summed E-state index contributed by atoms with van der Waals surface area (Å²) >= 11 is 7.57. The highest BCUT2D eigenvalue weighted by Crippen LogP contribution is 2.27. The maximum atomic E-state index is 11.9. The molecule has 0 aliphatic carbocycles.